The Kier molecular flexibility index (Phi) is 8.44. The average Bonchev–Trinajstić information content (AvgIpc) is 3.01. The lowest BCUT2D eigenvalue weighted by atomic mass is 10.1. The van der Waals surface area contributed by atoms with Gasteiger partial charge in [0, 0.05) is 55.3 Å². The number of nitriles is 1. The van der Waals surface area contributed by atoms with Gasteiger partial charge in [-0.05, 0) is 48.0 Å². The van der Waals surface area contributed by atoms with E-state index in [1.165, 1.54) is 7.11 Å². The fourth-order valence-corrected chi connectivity index (χ4v) is 4.30. The predicted molar refractivity (Wildman–Crippen MR) is 148 cm³/mol. The van der Waals surface area contributed by atoms with Crippen molar-refractivity contribution in [2.75, 3.05) is 25.6 Å². The van der Waals surface area contributed by atoms with E-state index in [0.29, 0.717) is 59.7 Å². The molecule has 0 spiro atoms. The topological polar surface area (TPSA) is 131 Å². The molecule has 2 N–H and O–H groups in total. The number of ether oxygens (including phenoxy) is 3. The Bertz CT molecular complexity index is 1520. The first kappa shape index (κ1) is 26.6. The molecule has 2 aromatic heterocycles. The highest BCUT2D eigenvalue weighted by atomic mass is 16.5. The number of pyridine rings is 1. The van der Waals surface area contributed by atoms with E-state index in [1.54, 1.807) is 48.9 Å². The number of carbonyl (C=O) groups excluding carboxylic acids is 1. The Balaban J connectivity index is 1.29. The van der Waals surface area contributed by atoms with Gasteiger partial charge in [-0.1, -0.05) is 6.07 Å². The number of amides is 1. The molecule has 10 nitrogen and oxygen atoms in total. The summed E-state index contributed by atoms with van der Waals surface area (Å²) in [6.45, 7) is 1.68. The van der Waals surface area contributed by atoms with Gasteiger partial charge in [0.1, 0.15) is 23.7 Å². The average molecular weight is 537 g/mol. The van der Waals surface area contributed by atoms with Gasteiger partial charge in [-0.2, -0.15) is 5.26 Å². The van der Waals surface area contributed by atoms with Gasteiger partial charge in [0.2, 0.25) is 5.95 Å². The summed E-state index contributed by atoms with van der Waals surface area (Å²) in [5.41, 5.74) is 3.80. The maximum Gasteiger partial charge on any atom is 0.255 e. The highest BCUT2D eigenvalue weighted by Crippen LogP contribution is 2.29. The first-order valence-corrected chi connectivity index (χ1v) is 12.9. The molecule has 202 valence electrons. The first-order chi connectivity index (χ1) is 19.6. The van der Waals surface area contributed by atoms with Crippen LogP contribution in [0.5, 0.6) is 11.5 Å². The van der Waals surface area contributed by atoms with Gasteiger partial charge in [-0.15, -0.1) is 0 Å². The fourth-order valence-electron chi connectivity index (χ4n) is 4.30. The summed E-state index contributed by atoms with van der Waals surface area (Å²) in [6, 6.07) is 18.3. The maximum atomic E-state index is 12.8. The molecule has 4 aromatic rings. The quantitative estimate of drug-likeness (QED) is 0.314. The Morgan fingerprint density at radius 1 is 1.10 bits per heavy atom. The lowest BCUT2D eigenvalue weighted by Gasteiger charge is -2.23. The molecule has 5 rings (SSSR count). The molecule has 1 saturated heterocycles. The second-order valence-corrected chi connectivity index (χ2v) is 9.10. The van der Waals surface area contributed by atoms with Gasteiger partial charge in [-0.3, -0.25) is 9.78 Å². The Morgan fingerprint density at radius 3 is 2.75 bits per heavy atom. The Labute approximate surface area is 232 Å². The number of aromatic nitrogens is 3. The van der Waals surface area contributed by atoms with Crippen molar-refractivity contribution in [3.63, 3.8) is 0 Å². The third-order valence-electron chi connectivity index (χ3n) is 6.39. The van der Waals surface area contributed by atoms with Crippen molar-refractivity contribution in [2.45, 2.75) is 25.5 Å². The van der Waals surface area contributed by atoms with Crippen molar-refractivity contribution in [3.05, 3.63) is 89.9 Å². The molecule has 1 aliphatic heterocycles. The lowest BCUT2D eigenvalue weighted by molar-refractivity contribution is 0.0254. The molecule has 0 unspecified atom stereocenters. The number of methoxy groups -OCH3 is 1. The van der Waals surface area contributed by atoms with E-state index in [0.717, 1.165) is 24.0 Å². The summed E-state index contributed by atoms with van der Waals surface area (Å²) in [5, 5.41) is 15.8. The van der Waals surface area contributed by atoms with Crippen LogP contribution in [0.1, 0.15) is 34.3 Å². The fraction of sp³-hybridized carbons (Fsp3) is 0.233. The molecule has 1 aliphatic rings. The smallest absolute Gasteiger partial charge is 0.255 e. The van der Waals surface area contributed by atoms with Crippen LogP contribution in [0.15, 0.2) is 73.2 Å². The van der Waals surface area contributed by atoms with Crippen molar-refractivity contribution >= 4 is 17.5 Å². The van der Waals surface area contributed by atoms with Gasteiger partial charge in [0.15, 0.2) is 0 Å². The van der Waals surface area contributed by atoms with E-state index < -0.39 is 0 Å². The zero-order chi connectivity index (χ0) is 27.7. The van der Waals surface area contributed by atoms with Crippen LogP contribution >= 0.6 is 0 Å². The van der Waals surface area contributed by atoms with Crippen molar-refractivity contribution in [3.8, 4) is 28.8 Å². The predicted octanol–water partition coefficient (Wildman–Crippen LogP) is 4.65. The molecule has 1 fully saturated rings. The molecule has 0 aliphatic carbocycles. The summed E-state index contributed by atoms with van der Waals surface area (Å²) >= 11 is 0. The number of hydrogen-bond donors (Lipinski definition) is 2. The summed E-state index contributed by atoms with van der Waals surface area (Å²) in [4.78, 5) is 25.8. The minimum atomic E-state index is -0.261. The van der Waals surface area contributed by atoms with Gasteiger partial charge in [0.05, 0.1) is 37.1 Å². The first-order valence-electron chi connectivity index (χ1n) is 12.9. The molecule has 0 bridgehead atoms. The normalized spacial score (nSPS) is 13.2. The van der Waals surface area contributed by atoms with Crippen molar-refractivity contribution in [1.82, 2.24) is 20.3 Å². The second-order valence-electron chi connectivity index (χ2n) is 9.10. The van der Waals surface area contributed by atoms with E-state index in [1.807, 2.05) is 24.3 Å². The van der Waals surface area contributed by atoms with Crippen LogP contribution in [0.4, 0.5) is 11.6 Å². The van der Waals surface area contributed by atoms with Crippen LogP contribution in [-0.4, -0.2) is 47.3 Å². The van der Waals surface area contributed by atoms with E-state index in [9.17, 15) is 10.1 Å². The molecule has 0 atom stereocenters. The molecule has 0 saturated carbocycles. The number of hydrogen-bond acceptors (Lipinski definition) is 9. The lowest BCUT2D eigenvalue weighted by Crippen LogP contribution is -2.26. The molecular weight excluding hydrogens is 508 g/mol. The zero-order valence-electron chi connectivity index (χ0n) is 22.0. The maximum absolute atomic E-state index is 12.8. The molecule has 3 heterocycles. The highest BCUT2D eigenvalue weighted by molar-refractivity contribution is 5.97. The van der Waals surface area contributed by atoms with Crippen LogP contribution in [0.2, 0.25) is 0 Å². The van der Waals surface area contributed by atoms with Crippen molar-refractivity contribution in [2.24, 2.45) is 0 Å². The Morgan fingerprint density at radius 2 is 1.98 bits per heavy atom. The largest absolute Gasteiger partial charge is 0.496 e. The molecule has 0 radical (unpaired) electrons. The third kappa shape index (κ3) is 6.51. The van der Waals surface area contributed by atoms with Crippen LogP contribution in [0.25, 0.3) is 11.3 Å². The summed E-state index contributed by atoms with van der Waals surface area (Å²) < 4.78 is 16.9. The minimum Gasteiger partial charge on any atom is -0.496 e. The van der Waals surface area contributed by atoms with Crippen LogP contribution in [-0.2, 0) is 11.3 Å². The van der Waals surface area contributed by atoms with Crippen molar-refractivity contribution in [1.29, 1.82) is 5.26 Å². The molecule has 10 heteroatoms. The van der Waals surface area contributed by atoms with Gasteiger partial charge >= 0.3 is 0 Å². The van der Waals surface area contributed by atoms with E-state index in [4.69, 9.17) is 14.2 Å². The number of rotatable bonds is 9. The molecule has 40 heavy (non-hydrogen) atoms. The molecule has 2 aromatic carbocycles. The minimum absolute atomic E-state index is 0.0390. The standard InChI is InChI=1S/C30H28N6O4/c1-38-28-16-23(5-6-25(28)29(37)34-19-20-3-2-11-32-18-20)35-30-33-12-8-26(36-30)21-4-7-27(22(15-21)17-31)40-24-9-13-39-14-10-24/h2-8,11-12,15-16,18,24H,9-10,13-14,19H2,1H3,(H,34,37)(H,33,35,36). The second kappa shape index (κ2) is 12.7. The monoisotopic (exact) mass is 536 g/mol. The molecule has 1 amide bonds. The van der Waals surface area contributed by atoms with Crippen molar-refractivity contribution < 1.29 is 19.0 Å². The van der Waals surface area contributed by atoms with Crippen LogP contribution in [0, 0.1) is 11.3 Å². The van der Waals surface area contributed by atoms with Crippen LogP contribution < -0.4 is 20.1 Å². The number of benzene rings is 2. The summed E-state index contributed by atoms with van der Waals surface area (Å²) in [5.74, 6) is 1.06. The number of nitrogens with one attached hydrogen (secondary N) is 2. The van der Waals surface area contributed by atoms with E-state index >= 15 is 0 Å². The number of anilines is 2. The Hall–Kier alpha value is -5.01. The van der Waals surface area contributed by atoms with E-state index in [-0.39, 0.29) is 12.0 Å². The van der Waals surface area contributed by atoms with Gasteiger partial charge < -0.3 is 24.8 Å². The third-order valence-corrected chi connectivity index (χ3v) is 6.39. The molecular formula is C30H28N6O4. The summed E-state index contributed by atoms with van der Waals surface area (Å²) in [6.07, 6.45) is 6.67. The van der Waals surface area contributed by atoms with Gasteiger partial charge in [-0.25, -0.2) is 9.97 Å². The SMILES string of the molecule is COc1cc(Nc2nccc(-c3ccc(OC4CCOCC4)c(C#N)c3)n2)ccc1C(=O)NCc1cccnc1. The number of carbonyl (C=O) groups is 1. The summed E-state index contributed by atoms with van der Waals surface area (Å²) in [7, 11) is 1.51. The van der Waals surface area contributed by atoms with E-state index in [2.05, 4.69) is 31.7 Å². The van der Waals surface area contributed by atoms with Crippen LogP contribution in [0.3, 0.4) is 0 Å². The van der Waals surface area contributed by atoms with Gasteiger partial charge in [0.25, 0.3) is 5.91 Å². The number of nitrogens with zero attached hydrogens (tertiary/aromatic N) is 4. The zero-order valence-corrected chi connectivity index (χ0v) is 22.0. The highest BCUT2D eigenvalue weighted by Gasteiger charge is 2.18.